The number of rotatable bonds is 6. The van der Waals surface area contributed by atoms with Crippen LogP contribution in [0.5, 0.6) is 0 Å². The lowest BCUT2D eigenvalue weighted by atomic mass is 10.3. The molecular formula is C12H14F2N4O2S. The molecule has 6 nitrogen and oxygen atoms in total. The van der Waals surface area contributed by atoms with Crippen LogP contribution >= 0.6 is 0 Å². The summed E-state index contributed by atoms with van der Waals surface area (Å²) >= 11 is 0. The highest BCUT2D eigenvalue weighted by molar-refractivity contribution is 7.91. The Hall–Kier alpha value is -2.03. The zero-order chi connectivity index (χ0) is 15.5. The third kappa shape index (κ3) is 3.75. The number of alkyl halides is 2. The van der Waals surface area contributed by atoms with Crippen molar-refractivity contribution in [3.63, 3.8) is 0 Å². The summed E-state index contributed by atoms with van der Waals surface area (Å²) in [5, 5.41) is 7.15. The molecule has 0 saturated carbocycles. The fourth-order valence-corrected chi connectivity index (χ4v) is 2.40. The van der Waals surface area contributed by atoms with E-state index in [2.05, 4.69) is 15.4 Å². The molecule has 21 heavy (non-hydrogen) atoms. The van der Waals surface area contributed by atoms with Crippen LogP contribution < -0.4 is 5.32 Å². The molecule has 9 heteroatoms. The highest BCUT2D eigenvalue weighted by Gasteiger charge is 2.26. The van der Waals surface area contributed by atoms with E-state index in [1.807, 2.05) is 0 Å². The van der Waals surface area contributed by atoms with Crippen LogP contribution in [-0.4, -0.2) is 35.5 Å². The van der Waals surface area contributed by atoms with Crippen molar-refractivity contribution in [2.45, 2.75) is 17.1 Å². The fourth-order valence-electron chi connectivity index (χ4n) is 1.68. The first-order valence-corrected chi connectivity index (χ1v) is 7.65. The van der Waals surface area contributed by atoms with Gasteiger partial charge in [0.15, 0.2) is 5.82 Å². The molecule has 0 fully saturated rings. The molecule has 0 aliphatic heterocycles. The molecule has 0 amide bonds. The van der Waals surface area contributed by atoms with Crippen LogP contribution in [0.25, 0.3) is 0 Å². The first kappa shape index (κ1) is 15.4. The van der Waals surface area contributed by atoms with E-state index in [9.17, 15) is 17.2 Å². The van der Waals surface area contributed by atoms with E-state index in [1.165, 1.54) is 12.1 Å². The predicted molar refractivity (Wildman–Crippen MR) is 72.8 cm³/mol. The summed E-state index contributed by atoms with van der Waals surface area (Å²) in [4.78, 5) is 3.67. The second-order valence-corrected chi connectivity index (χ2v) is 6.26. The molecule has 114 valence electrons. The molecule has 2 aromatic rings. The Labute approximate surface area is 120 Å². The van der Waals surface area contributed by atoms with Gasteiger partial charge >= 0.3 is 5.76 Å². The van der Waals surface area contributed by atoms with Gasteiger partial charge in [-0.1, -0.05) is 0 Å². The molecule has 1 aromatic carbocycles. The van der Waals surface area contributed by atoms with Crippen LogP contribution in [0.2, 0.25) is 0 Å². The molecule has 0 aliphatic carbocycles. The topological polar surface area (TPSA) is 76.9 Å². The highest BCUT2D eigenvalue weighted by Crippen LogP contribution is 2.20. The Balaban J connectivity index is 1.94. The smallest absolute Gasteiger partial charge is 0.341 e. The van der Waals surface area contributed by atoms with Gasteiger partial charge in [0.1, 0.15) is 6.33 Å². The lowest BCUT2D eigenvalue weighted by Crippen LogP contribution is -2.11. The summed E-state index contributed by atoms with van der Waals surface area (Å²) in [5.41, 5.74) is 0.638. The van der Waals surface area contributed by atoms with Gasteiger partial charge in [0.05, 0.1) is 4.90 Å². The number of sulfone groups is 1. The number of nitrogens with one attached hydrogen (secondary N) is 1. The maximum Gasteiger partial charge on any atom is 0.341 e. The van der Waals surface area contributed by atoms with Crippen molar-refractivity contribution in [3.05, 3.63) is 36.4 Å². The number of hydrogen-bond acceptors (Lipinski definition) is 5. The van der Waals surface area contributed by atoms with Crippen LogP contribution in [0.15, 0.2) is 35.5 Å². The number of hydrogen-bond donors (Lipinski definition) is 1. The normalized spacial score (nSPS) is 11.8. The minimum absolute atomic E-state index is 0.394. The molecule has 1 aromatic heterocycles. The van der Waals surface area contributed by atoms with Gasteiger partial charge < -0.3 is 5.32 Å². The maximum atomic E-state index is 12.4. The van der Waals surface area contributed by atoms with Crippen LogP contribution in [0.4, 0.5) is 14.5 Å². The van der Waals surface area contributed by atoms with Gasteiger partial charge in [-0.2, -0.15) is 13.9 Å². The fraction of sp³-hybridized carbons (Fsp3) is 0.333. The van der Waals surface area contributed by atoms with Crippen LogP contribution in [0.3, 0.4) is 0 Å². The highest BCUT2D eigenvalue weighted by atomic mass is 32.2. The quantitative estimate of drug-likeness (QED) is 0.873. The van der Waals surface area contributed by atoms with Crippen LogP contribution in [-0.2, 0) is 23.3 Å². The van der Waals surface area contributed by atoms with Gasteiger partial charge in [0.2, 0.25) is 9.84 Å². The Morgan fingerprint density at radius 1 is 1.29 bits per heavy atom. The molecule has 0 bridgehead atoms. The summed E-state index contributed by atoms with van der Waals surface area (Å²) in [6, 6.07) is 5.20. The van der Waals surface area contributed by atoms with E-state index in [1.54, 1.807) is 18.1 Å². The third-order valence-electron chi connectivity index (χ3n) is 2.74. The first-order valence-electron chi connectivity index (χ1n) is 6.10. The average molecular weight is 316 g/mol. The third-order valence-corrected chi connectivity index (χ3v) is 4.14. The Bertz CT molecular complexity index is 698. The zero-order valence-corrected chi connectivity index (χ0v) is 12.0. The molecule has 0 saturated heterocycles. The van der Waals surface area contributed by atoms with Gasteiger partial charge in [-0.3, -0.25) is 4.68 Å². The maximum absolute atomic E-state index is 12.4. The van der Waals surface area contributed by atoms with E-state index < -0.39 is 20.5 Å². The number of aromatic nitrogens is 3. The van der Waals surface area contributed by atoms with Crippen molar-refractivity contribution in [1.29, 1.82) is 0 Å². The minimum Gasteiger partial charge on any atom is -0.385 e. The van der Waals surface area contributed by atoms with E-state index in [0.717, 1.165) is 12.1 Å². The standard InChI is InChI=1S/C12H14F2N4O2S/c1-18-8-16-11(17-18)6-7-15-9-2-4-10(5-3-9)21(19,20)12(13)14/h2-5,8,12,15H,6-7H2,1H3. The largest absolute Gasteiger partial charge is 0.385 e. The van der Waals surface area contributed by atoms with Crippen molar-refractivity contribution in [1.82, 2.24) is 14.8 Å². The predicted octanol–water partition coefficient (Wildman–Crippen LogP) is 1.47. The molecule has 0 aliphatic rings. The summed E-state index contributed by atoms with van der Waals surface area (Å²) in [6.07, 6.45) is 2.19. The van der Waals surface area contributed by atoms with Crippen LogP contribution in [0, 0.1) is 0 Å². The van der Waals surface area contributed by atoms with E-state index in [4.69, 9.17) is 0 Å². The minimum atomic E-state index is -4.54. The van der Waals surface area contributed by atoms with Crippen molar-refractivity contribution < 1.29 is 17.2 Å². The second kappa shape index (κ2) is 6.17. The van der Waals surface area contributed by atoms with Gasteiger partial charge in [0.25, 0.3) is 0 Å². The van der Waals surface area contributed by atoms with Crippen molar-refractivity contribution in [2.75, 3.05) is 11.9 Å². The lowest BCUT2D eigenvalue weighted by Gasteiger charge is -2.07. The van der Waals surface area contributed by atoms with Gasteiger partial charge in [-0.05, 0) is 24.3 Å². The molecular weight excluding hydrogens is 302 g/mol. The molecule has 0 spiro atoms. The summed E-state index contributed by atoms with van der Waals surface area (Å²) in [6.45, 7) is 0.547. The Morgan fingerprint density at radius 2 is 1.95 bits per heavy atom. The number of benzene rings is 1. The van der Waals surface area contributed by atoms with E-state index in [0.29, 0.717) is 24.5 Å². The van der Waals surface area contributed by atoms with Crippen molar-refractivity contribution in [3.8, 4) is 0 Å². The molecule has 2 rings (SSSR count). The van der Waals surface area contributed by atoms with Crippen LogP contribution in [0.1, 0.15) is 5.82 Å². The van der Waals surface area contributed by atoms with Gasteiger partial charge in [-0.15, -0.1) is 0 Å². The molecule has 0 atom stereocenters. The Morgan fingerprint density at radius 3 is 2.48 bits per heavy atom. The molecule has 1 heterocycles. The monoisotopic (exact) mass is 316 g/mol. The average Bonchev–Trinajstić information content (AvgIpc) is 2.85. The number of halogens is 2. The van der Waals surface area contributed by atoms with Crippen molar-refractivity contribution >= 4 is 15.5 Å². The van der Waals surface area contributed by atoms with Gasteiger partial charge in [-0.25, -0.2) is 13.4 Å². The molecule has 0 unspecified atom stereocenters. The van der Waals surface area contributed by atoms with Gasteiger partial charge in [0, 0.05) is 25.7 Å². The molecule has 1 N–H and O–H groups in total. The first-order chi connectivity index (χ1) is 9.89. The van der Waals surface area contributed by atoms with E-state index in [-0.39, 0.29) is 0 Å². The Kier molecular flexibility index (Phi) is 4.51. The number of anilines is 1. The second-order valence-electron chi connectivity index (χ2n) is 4.34. The summed E-state index contributed by atoms with van der Waals surface area (Å²) in [7, 11) is -2.77. The lowest BCUT2D eigenvalue weighted by molar-refractivity contribution is 0.234. The van der Waals surface area contributed by atoms with E-state index >= 15 is 0 Å². The summed E-state index contributed by atoms with van der Waals surface area (Å²) in [5.74, 6) is -2.73. The zero-order valence-electron chi connectivity index (χ0n) is 11.2. The molecule has 0 radical (unpaired) electrons. The number of aryl methyl sites for hydroxylation is 1. The number of nitrogens with zero attached hydrogens (tertiary/aromatic N) is 3. The van der Waals surface area contributed by atoms with Crippen molar-refractivity contribution in [2.24, 2.45) is 7.05 Å². The SMILES string of the molecule is Cn1cnc(CCNc2ccc(S(=O)(=O)C(F)F)cc2)n1. The summed E-state index contributed by atoms with van der Waals surface area (Å²) < 4.78 is 48.9.